The second-order valence-corrected chi connectivity index (χ2v) is 6.13. The van der Waals surface area contributed by atoms with E-state index in [4.69, 9.17) is 11.6 Å². The molecular formula is C16H11BrClNO. The van der Waals surface area contributed by atoms with Crippen LogP contribution in [0.1, 0.15) is 29.3 Å². The zero-order valence-corrected chi connectivity index (χ0v) is 13.1. The van der Waals surface area contributed by atoms with Crippen molar-refractivity contribution in [2.45, 2.75) is 13.3 Å². The lowest BCUT2D eigenvalue weighted by Crippen LogP contribution is -1.99. The lowest BCUT2D eigenvalue weighted by Gasteiger charge is -2.08. The number of Topliss-reactive ketones (excluding diaryl/α,β-unsaturated/α-hetero) is 1. The van der Waals surface area contributed by atoms with Crippen LogP contribution in [0.5, 0.6) is 0 Å². The van der Waals surface area contributed by atoms with E-state index in [9.17, 15) is 4.79 Å². The molecule has 3 rings (SSSR count). The van der Waals surface area contributed by atoms with Crippen molar-refractivity contribution < 1.29 is 4.79 Å². The zero-order valence-electron chi connectivity index (χ0n) is 10.8. The Kier molecular flexibility index (Phi) is 3.48. The molecule has 0 bridgehead atoms. The molecule has 0 atom stereocenters. The number of carbonyl (C=O) groups excluding carboxylic acids is 1. The summed E-state index contributed by atoms with van der Waals surface area (Å²) in [5, 5.41) is 0.635. The molecule has 0 N–H and O–H groups in total. The number of nitrogens with zero attached hydrogens (tertiary/aromatic N) is 1. The van der Waals surface area contributed by atoms with Crippen LogP contribution in [0.3, 0.4) is 0 Å². The minimum atomic E-state index is 0.0290. The number of hydrogen-bond acceptors (Lipinski definition) is 2. The summed E-state index contributed by atoms with van der Waals surface area (Å²) in [4.78, 5) is 16.4. The number of fused-ring (bicyclic) bond motifs is 2. The van der Waals surface area contributed by atoms with Crippen molar-refractivity contribution in [2.24, 2.45) is 0 Å². The van der Waals surface area contributed by atoms with Crippen LogP contribution < -0.4 is 0 Å². The highest BCUT2D eigenvalue weighted by Crippen LogP contribution is 2.32. The fraction of sp³-hybridized carbons (Fsp3) is 0.125. The van der Waals surface area contributed by atoms with Crippen molar-refractivity contribution in [1.29, 1.82) is 0 Å². The van der Waals surface area contributed by atoms with Crippen LogP contribution in [-0.2, 0) is 11.2 Å². The summed E-state index contributed by atoms with van der Waals surface area (Å²) in [7, 11) is 0. The summed E-state index contributed by atoms with van der Waals surface area (Å²) in [6.45, 7) is 1.58. The van der Waals surface area contributed by atoms with Gasteiger partial charge in [-0.1, -0.05) is 17.7 Å². The van der Waals surface area contributed by atoms with E-state index in [0.717, 1.165) is 26.9 Å². The highest BCUT2D eigenvalue weighted by atomic mass is 79.9. The molecular weight excluding hydrogens is 338 g/mol. The smallest absolute Gasteiger partial charge is 0.160 e. The second-order valence-electron chi connectivity index (χ2n) is 4.78. The van der Waals surface area contributed by atoms with Crippen LogP contribution in [0.2, 0.25) is 5.02 Å². The van der Waals surface area contributed by atoms with Crippen LogP contribution in [0.15, 0.2) is 34.9 Å². The number of ketones is 1. The van der Waals surface area contributed by atoms with Crippen LogP contribution in [0, 0.1) is 0 Å². The summed E-state index contributed by atoms with van der Waals surface area (Å²) in [5.41, 5.74) is 4.59. The van der Waals surface area contributed by atoms with E-state index in [1.807, 2.05) is 30.3 Å². The summed E-state index contributed by atoms with van der Waals surface area (Å²) in [6.07, 6.45) is 4.38. The SMILES string of the molecule is CC(=O)C1=Cc2cc(Br)cnc2Cc2ccc(Cl)cc21. The number of rotatable bonds is 1. The van der Waals surface area contributed by atoms with E-state index in [2.05, 4.69) is 20.9 Å². The number of aromatic nitrogens is 1. The summed E-state index contributed by atoms with van der Waals surface area (Å²) >= 11 is 9.50. The number of benzene rings is 1. The third kappa shape index (κ3) is 2.43. The predicted molar refractivity (Wildman–Crippen MR) is 84.7 cm³/mol. The quantitative estimate of drug-likeness (QED) is 0.758. The van der Waals surface area contributed by atoms with Crippen molar-refractivity contribution in [3.63, 3.8) is 0 Å². The minimum Gasteiger partial charge on any atom is -0.294 e. The third-order valence-electron chi connectivity index (χ3n) is 3.37. The molecule has 1 aromatic heterocycles. The van der Waals surface area contributed by atoms with Gasteiger partial charge >= 0.3 is 0 Å². The monoisotopic (exact) mass is 347 g/mol. The van der Waals surface area contributed by atoms with E-state index < -0.39 is 0 Å². The van der Waals surface area contributed by atoms with E-state index in [1.54, 1.807) is 13.1 Å². The Morgan fingerprint density at radius 3 is 2.90 bits per heavy atom. The maximum Gasteiger partial charge on any atom is 0.160 e. The summed E-state index contributed by atoms with van der Waals surface area (Å²) in [6, 6.07) is 7.65. The second kappa shape index (κ2) is 5.15. The largest absolute Gasteiger partial charge is 0.294 e. The van der Waals surface area contributed by atoms with Gasteiger partial charge in [-0.05, 0) is 63.8 Å². The van der Waals surface area contributed by atoms with Crippen molar-refractivity contribution in [1.82, 2.24) is 4.98 Å². The van der Waals surface area contributed by atoms with Crippen molar-refractivity contribution >= 4 is 45.0 Å². The van der Waals surface area contributed by atoms with Gasteiger partial charge in [0.15, 0.2) is 5.78 Å². The van der Waals surface area contributed by atoms with Gasteiger partial charge in [0.2, 0.25) is 0 Å². The first-order chi connectivity index (χ1) is 9.54. The minimum absolute atomic E-state index is 0.0290. The van der Waals surface area contributed by atoms with Gasteiger partial charge in [0, 0.05) is 27.7 Å². The first-order valence-electron chi connectivity index (χ1n) is 6.20. The van der Waals surface area contributed by atoms with Gasteiger partial charge in [-0.25, -0.2) is 0 Å². The zero-order chi connectivity index (χ0) is 14.3. The van der Waals surface area contributed by atoms with Crippen molar-refractivity contribution in [3.8, 4) is 0 Å². The molecule has 2 aromatic rings. The van der Waals surface area contributed by atoms with Gasteiger partial charge in [-0.15, -0.1) is 0 Å². The molecule has 0 spiro atoms. The van der Waals surface area contributed by atoms with Gasteiger partial charge in [-0.3, -0.25) is 9.78 Å². The van der Waals surface area contributed by atoms with Gasteiger partial charge in [0.1, 0.15) is 0 Å². The van der Waals surface area contributed by atoms with Gasteiger partial charge in [-0.2, -0.15) is 0 Å². The highest BCUT2D eigenvalue weighted by Gasteiger charge is 2.19. The molecule has 1 aliphatic carbocycles. The highest BCUT2D eigenvalue weighted by molar-refractivity contribution is 9.10. The average molecular weight is 349 g/mol. The standard InChI is InChI=1S/C16H11BrClNO/c1-9(20)14-5-11-4-12(17)8-19-16(11)6-10-2-3-13(18)7-15(10)14/h2-5,7-8H,6H2,1H3. The molecule has 0 unspecified atom stereocenters. The Hall–Kier alpha value is -1.45. The number of pyridine rings is 1. The fourth-order valence-corrected chi connectivity index (χ4v) is 2.94. The molecule has 1 aromatic carbocycles. The number of allylic oxidation sites excluding steroid dienone is 1. The lowest BCUT2D eigenvalue weighted by molar-refractivity contribution is -0.111. The molecule has 1 aliphatic rings. The molecule has 0 fully saturated rings. The van der Waals surface area contributed by atoms with Crippen LogP contribution in [0.4, 0.5) is 0 Å². The molecule has 0 saturated carbocycles. The molecule has 100 valence electrons. The Balaban J connectivity index is 2.29. The van der Waals surface area contributed by atoms with E-state index in [-0.39, 0.29) is 5.78 Å². The Morgan fingerprint density at radius 1 is 1.35 bits per heavy atom. The van der Waals surface area contributed by atoms with Gasteiger partial charge in [0.05, 0.1) is 5.69 Å². The molecule has 0 saturated heterocycles. The summed E-state index contributed by atoms with van der Waals surface area (Å²) in [5.74, 6) is 0.0290. The van der Waals surface area contributed by atoms with Crippen molar-refractivity contribution in [3.05, 3.63) is 62.3 Å². The fourth-order valence-electron chi connectivity index (χ4n) is 2.41. The third-order valence-corrected chi connectivity index (χ3v) is 4.04. The maximum atomic E-state index is 12.0. The van der Waals surface area contributed by atoms with Crippen LogP contribution in [-0.4, -0.2) is 10.8 Å². The molecule has 0 aliphatic heterocycles. The van der Waals surface area contributed by atoms with E-state index in [0.29, 0.717) is 17.0 Å². The first kappa shape index (κ1) is 13.5. The van der Waals surface area contributed by atoms with Crippen molar-refractivity contribution in [2.75, 3.05) is 0 Å². The Bertz CT molecular complexity index is 752. The molecule has 0 radical (unpaired) electrons. The van der Waals surface area contributed by atoms with Crippen LogP contribution in [0.25, 0.3) is 11.6 Å². The van der Waals surface area contributed by atoms with E-state index in [1.165, 1.54) is 0 Å². The number of hydrogen-bond donors (Lipinski definition) is 0. The van der Waals surface area contributed by atoms with Gasteiger partial charge in [0.25, 0.3) is 0 Å². The molecule has 2 nitrogen and oxygen atoms in total. The topological polar surface area (TPSA) is 30.0 Å². The number of halogens is 2. The Morgan fingerprint density at radius 2 is 2.15 bits per heavy atom. The average Bonchev–Trinajstić information content (AvgIpc) is 2.55. The maximum absolute atomic E-state index is 12.0. The van der Waals surface area contributed by atoms with Gasteiger partial charge < -0.3 is 0 Å². The Labute approximate surface area is 130 Å². The summed E-state index contributed by atoms with van der Waals surface area (Å²) < 4.78 is 0.902. The molecule has 4 heteroatoms. The lowest BCUT2D eigenvalue weighted by atomic mass is 9.96. The molecule has 1 heterocycles. The first-order valence-corrected chi connectivity index (χ1v) is 7.37. The predicted octanol–water partition coefficient (Wildman–Crippen LogP) is 4.53. The van der Waals surface area contributed by atoms with Crippen LogP contribution >= 0.6 is 27.5 Å². The normalized spacial score (nSPS) is 13.1. The molecule has 20 heavy (non-hydrogen) atoms. The molecule has 0 amide bonds. The number of carbonyl (C=O) groups is 1. The van der Waals surface area contributed by atoms with E-state index >= 15 is 0 Å².